The average molecular weight is 356 g/mol. The Kier molecular flexibility index (Phi) is 5.73. The molecule has 2 rings (SSSR count). The van der Waals surface area contributed by atoms with E-state index in [2.05, 4.69) is 5.32 Å². The fourth-order valence-electron chi connectivity index (χ4n) is 2.36. The number of carbonyl (C=O) groups is 1. The van der Waals surface area contributed by atoms with Crippen LogP contribution in [0.15, 0.2) is 29.2 Å². The van der Waals surface area contributed by atoms with Crippen LogP contribution in [0.3, 0.4) is 0 Å². The Morgan fingerprint density at radius 1 is 1.21 bits per heavy atom. The highest BCUT2D eigenvalue weighted by Crippen LogP contribution is 2.20. The van der Waals surface area contributed by atoms with Crippen LogP contribution < -0.4 is 5.32 Å². The second-order valence-electron chi connectivity index (χ2n) is 5.37. The predicted molar refractivity (Wildman–Crippen MR) is 87.1 cm³/mol. The van der Waals surface area contributed by atoms with Gasteiger partial charge >= 0.3 is 6.03 Å². The number of piperazine rings is 1. The molecular weight excluding hydrogens is 336 g/mol. The molecule has 1 saturated heterocycles. The van der Waals surface area contributed by atoms with Crippen molar-refractivity contribution < 1.29 is 18.1 Å². The fourth-order valence-corrected chi connectivity index (χ4v) is 3.79. The van der Waals surface area contributed by atoms with E-state index in [1.54, 1.807) is 4.90 Å². The molecule has 2 amide bonds. The number of rotatable bonds is 5. The minimum Gasteiger partial charge on any atom is -0.338 e. The van der Waals surface area contributed by atoms with Crippen molar-refractivity contribution in [2.75, 3.05) is 32.7 Å². The van der Waals surface area contributed by atoms with E-state index in [-0.39, 0.29) is 29.7 Å². The number of hydrogen-bond acceptors (Lipinski definition) is 5. The third-order valence-electron chi connectivity index (χ3n) is 3.74. The molecular formula is C14H20N4O5S. The summed E-state index contributed by atoms with van der Waals surface area (Å²) < 4.78 is 26.4. The zero-order valence-corrected chi connectivity index (χ0v) is 14.2. The van der Waals surface area contributed by atoms with Crippen LogP contribution in [-0.2, 0) is 10.0 Å². The molecule has 0 radical (unpaired) electrons. The Labute approximate surface area is 140 Å². The summed E-state index contributed by atoms with van der Waals surface area (Å²) >= 11 is 0. The van der Waals surface area contributed by atoms with Crippen molar-refractivity contribution in [1.82, 2.24) is 14.5 Å². The molecule has 0 saturated carbocycles. The first kappa shape index (κ1) is 18.1. The summed E-state index contributed by atoms with van der Waals surface area (Å²) in [5.41, 5.74) is -0.161. The monoisotopic (exact) mass is 356 g/mol. The summed E-state index contributed by atoms with van der Waals surface area (Å²) in [6.45, 7) is 3.54. The SMILES string of the molecule is CCCNC(=O)N1CCN(S(=O)(=O)c2ccc([N+](=O)[O-])cc2)CC1. The standard InChI is InChI=1S/C14H20N4O5S/c1-2-7-15-14(19)16-8-10-17(11-9-16)24(22,23)13-5-3-12(4-6-13)18(20)21/h3-6H,2,7-11H2,1H3,(H,15,19). The lowest BCUT2D eigenvalue weighted by Crippen LogP contribution is -2.53. The van der Waals surface area contributed by atoms with Crippen molar-refractivity contribution in [3.05, 3.63) is 34.4 Å². The van der Waals surface area contributed by atoms with Crippen LogP contribution in [0.2, 0.25) is 0 Å². The lowest BCUT2D eigenvalue weighted by Gasteiger charge is -2.33. The molecule has 0 bridgehead atoms. The maximum absolute atomic E-state index is 12.6. The molecule has 0 unspecified atom stereocenters. The topological polar surface area (TPSA) is 113 Å². The third kappa shape index (κ3) is 4.01. The van der Waals surface area contributed by atoms with E-state index in [0.717, 1.165) is 6.42 Å². The Morgan fingerprint density at radius 3 is 2.29 bits per heavy atom. The van der Waals surface area contributed by atoms with E-state index >= 15 is 0 Å². The number of nitro benzene ring substituents is 1. The van der Waals surface area contributed by atoms with Gasteiger partial charge in [0.1, 0.15) is 0 Å². The number of nitro groups is 1. The first-order chi connectivity index (χ1) is 11.4. The molecule has 1 aromatic rings. The summed E-state index contributed by atoms with van der Waals surface area (Å²) in [4.78, 5) is 23.5. The van der Waals surface area contributed by atoms with Gasteiger partial charge < -0.3 is 10.2 Å². The second-order valence-corrected chi connectivity index (χ2v) is 7.31. The van der Waals surface area contributed by atoms with Crippen LogP contribution in [0.4, 0.5) is 10.5 Å². The molecule has 0 aliphatic carbocycles. The van der Waals surface area contributed by atoms with Gasteiger partial charge in [0, 0.05) is 44.9 Å². The second kappa shape index (κ2) is 7.58. The van der Waals surface area contributed by atoms with Gasteiger partial charge in [-0.2, -0.15) is 4.31 Å². The largest absolute Gasteiger partial charge is 0.338 e. The van der Waals surface area contributed by atoms with Crippen molar-refractivity contribution in [3.8, 4) is 0 Å². The zero-order valence-electron chi connectivity index (χ0n) is 13.3. The first-order valence-electron chi connectivity index (χ1n) is 7.63. The van der Waals surface area contributed by atoms with E-state index in [1.807, 2.05) is 6.92 Å². The molecule has 0 aromatic heterocycles. The summed E-state index contributed by atoms with van der Waals surface area (Å²) in [6, 6.07) is 4.61. The zero-order chi connectivity index (χ0) is 17.7. The summed E-state index contributed by atoms with van der Waals surface area (Å²) in [5.74, 6) is 0. The Hall–Kier alpha value is -2.20. The highest BCUT2D eigenvalue weighted by Gasteiger charge is 2.30. The van der Waals surface area contributed by atoms with Gasteiger partial charge in [-0.05, 0) is 18.6 Å². The van der Waals surface area contributed by atoms with Crippen molar-refractivity contribution in [2.45, 2.75) is 18.2 Å². The quantitative estimate of drug-likeness (QED) is 0.625. The van der Waals surface area contributed by atoms with Gasteiger partial charge in [-0.1, -0.05) is 6.92 Å². The number of sulfonamides is 1. The molecule has 1 fully saturated rings. The number of amides is 2. The van der Waals surface area contributed by atoms with E-state index in [4.69, 9.17) is 0 Å². The minimum atomic E-state index is -3.72. The number of nitrogens with zero attached hydrogens (tertiary/aromatic N) is 3. The molecule has 10 heteroatoms. The number of benzene rings is 1. The van der Waals surface area contributed by atoms with Crippen molar-refractivity contribution >= 4 is 21.7 Å². The minimum absolute atomic E-state index is 0.0111. The van der Waals surface area contributed by atoms with Crippen LogP contribution in [0.1, 0.15) is 13.3 Å². The molecule has 0 atom stereocenters. The fraction of sp³-hybridized carbons (Fsp3) is 0.500. The molecule has 1 aliphatic rings. The average Bonchev–Trinajstić information content (AvgIpc) is 2.59. The predicted octanol–water partition coefficient (Wildman–Crippen LogP) is 1.02. The Bertz CT molecular complexity index is 696. The number of hydrogen-bond donors (Lipinski definition) is 1. The van der Waals surface area contributed by atoms with Crippen LogP contribution >= 0.6 is 0 Å². The first-order valence-corrected chi connectivity index (χ1v) is 9.07. The summed E-state index contributed by atoms with van der Waals surface area (Å²) in [6.07, 6.45) is 0.834. The van der Waals surface area contributed by atoms with Gasteiger partial charge in [0.15, 0.2) is 0 Å². The van der Waals surface area contributed by atoms with Crippen molar-refractivity contribution in [2.24, 2.45) is 0 Å². The smallest absolute Gasteiger partial charge is 0.317 e. The van der Waals surface area contributed by atoms with E-state index in [1.165, 1.54) is 28.6 Å². The van der Waals surface area contributed by atoms with Crippen molar-refractivity contribution in [1.29, 1.82) is 0 Å². The molecule has 1 heterocycles. The van der Waals surface area contributed by atoms with Crippen LogP contribution in [0, 0.1) is 10.1 Å². The normalized spacial score (nSPS) is 16.0. The van der Waals surface area contributed by atoms with Gasteiger partial charge in [-0.15, -0.1) is 0 Å². The van der Waals surface area contributed by atoms with Gasteiger partial charge in [0.05, 0.1) is 9.82 Å². The Balaban J connectivity index is 2.02. The van der Waals surface area contributed by atoms with Gasteiger partial charge in [-0.3, -0.25) is 10.1 Å². The van der Waals surface area contributed by atoms with E-state index < -0.39 is 14.9 Å². The van der Waals surface area contributed by atoms with Crippen molar-refractivity contribution in [3.63, 3.8) is 0 Å². The lowest BCUT2D eigenvalue weighted by atomic mass is 10.3. The third-order valence-corrected chi connectivity index (χ3v) is 5.65. The number of urea groups is 1. The highest BCUT2D eigenvalue weighted by atomic mass is 32.2. The number of nitrogens with one attached hydrogen (secondary N) is 1. The lowest BCUT2D eigenvalue weighted by molar-refractivity contribution is -0.384. The Morgan fingerprint density at radius 2 is 1.79 bits per heavy atom. The molecule has 1 N–H and O–H groups in total. The highest BCUT2D eigenvalue weighted by molar-refractivity contribution is 7.89. The summed E-state index contributed by atoms with van der Waals surface area (Å²) in [7, 11) is -3.72. The number of carbonyl (C=O) groups excluding carboxylic acids is 1. The molecule has 9 nitrogen and oxygen atoms in total. The van der Waals surface area contributed by atoms with E-state index in [9.17, 15) is 23.3 Å². The van der Waals surface area contributed by atoms with Gasteiger partial charge in [-0.25, -0.2) is 13.2 Å². The maximum atomic E-state index is 12.6. The molecule has 24 heavy (non-hydrogen) atoms. The molecule has 1 aromatic carbocycles. The maximum Gasteiger partial charge on any atom is 0.317 e. The van der Waals surface area contributed by atoms with E-state index in [0.29, 0.717) is 19.6 Å². The number of non-ortho nitro benzene ring substituents is 1. The van der Waals surface area contributed by atoms with Crippen LogP contribution in [0.5, 0.6) is 0 Å². The van der Waals surface area contributed by atoms with Crippen LogP contribution in [0.25, 0.3) is 0 Å². The molecule has 132 valence electrons. The van der Waals surface area contributed by atoms with Crippen LogP contribution in [-0.4, -0.2) is 61.3 Å². The van der Waals surface area contributed by atoms with Gasteiger partial charge in [0.25, 0.3) is 5.69 Å². The summed E-state index contributed by atoms with van der Waals surface area (Å²) in [5, 5.41) is 13.4. The molecule has 1 aliphatic heterocycles. The molecule has 0 spiro atoms. The van der Waals surface area contributed by atoms with Gasteiger partial charge in [0.2, 0.25) is 10.0 Å².